The lowest BCUT2D eigenvalue weighted by atomic mass is 10.0. The van der Waals surface area contributed by atoms with Crippen molar-refractivity contribution in [2.45, 2.75) is 18.3 Å². The average Bonchev–Trinajstić information content (AvgIpc) is 2.29. The second kappa shape index (κ2) is 5.59. The van der Waals surface area contributed by atoms with Crippen molar-refractivity contribution < 1.29 is 31.8 Å². The zero-order valence-electron chi connectivity index (χ0n) is 9.22. The number of alkyl halides is 5. The molecule has 0 bridgehead atoms. The van der Waals surface area contributed by atoms with Gasteiger partial charge < -0.3 is 15.6 Å². The highest BCUT2D eigenvalue weighted by Crippen LogP contribution is 2.37. The molecule has 1 aromatic rings. The molecule has 0 heterocycles. The summed E-state index contributed by atoms with van der Waals surface area (Å²) in [6, 6.07) is 0.900. The lowest BCUT2D eigenvalue weighted by Gasteiger charge is -2.24. The minimum atomic E-state index is -5.03. The highest BCUT2D eigenvalue weighted by Gasteiger charge is 2.40. The smallest absolute Gasteiger partial charge is 0.405 e. The van der Waals surface area contributed by atoms with E-state index in [1.165, 1.54) is 6.07 Å². The minimum absolute atomic E-state index is 0.251. The Kier molecular flexibility index (Phi) is 4.75. The van der Waals surface area contributed by atoms with E-state index in [0.29, 0.717) is 0 Å². The summed E-state index contributed by atoms with van der Waals surface area (Å²) in [4.78, 5) is 0. The van der Waals surface area contributed by atoms with Crippen LogP contribution in [-0.2, 0) is 0 Å². The van der Waals surface area contributed by atoms with E-state index in [1.54, 1.807) is 0 Å². The molecule has 0 fully saturated rings. The highest BCUT2D eigenvalue weighted by atomic mass is 79.9. The van der Waals surface area contributed by atoms with Crippen LogP contribution in [0.4, 0.5) is 22.0 Å². The summed E-state index contributed by atoms with van der Waals surface area (Å²) in [6.07, 6.45) is -5.03. The Morgan fingerprint density at radius 3 is 2.32 bits per heavy atom. The molecule has 0 unspecified atom stereocenters. The molecular weight excluding hydrogens is 341 g/mol. The van der Waals surface area contributed by atoms with Crippen LogP contribution in [0.5, 0.6) is 5.75 Å². The third kappa shape index (κ3) is 4.29. The molecule has 0 saturated carbocycles. The standard InChI is InChI=1S/C10H9BrF5NO2/c11-5-1-2-7(19-10(14,15)16)6(3-5)8(17)9(12,13)4-18/h1-3,8,18H,4,17H2/t8-/m0/s1. The van der Waals surface area contributed by atoms with Crippen LogP contribution in [0.15, 0.2) is 22.7 Å². The van der Waals surface area contributed by atoms with Crippen LogP contribution < -0.4 is 10.5 Å². The van der Waals surface area contributed by atoms with Crippen molar-refractivity contribution >= 4 is 15.9 Å². The van der Waals surface area contributed by atoms with E-state index in [2.05, 4.69) is 20.7 Å². The lowest BCUT2D eigenvalue weighted by molar-refractivity contribution is -0.275. The Labute approximate surface area is 113 Å². The van der Waals surface area contributed by atoms with Gasteiger partial charge in [-0.2, -0.15) is 0 Å². The molecule has 9 heteroatoms. The molecular formula is C10H9BrF5NO2. The normalized spacial score (nSPS) is 14.3. The van der Waals surface area contributed by atoms with Gasteiger partial charge in [0.2, 0.25) is 0 Å². The van der Waals surface area contributed by atoms with Crippen LogP contribution in [0.1, 0.15) is 11.6 Å². The fourth-order valence-electron chi connectivity index (χ4n) is 1.31. The third-order valence-corrected chi connectivity index (χ3v) is 2.69. The molecule has 0 aromatic heterocycles. The predicted molar refractivity (Wildman–Crippen MR) is 59.8 cm³/mol. The molecule has 1 atom stereocenters. The molecule has 108 valence electrons. The molecule has 3 nitrogen and oxygen atoms in total. The van der Waals surface area contributed by atoms with E-state index >= 15 is 0 Å². The van der Waals surface area contributed by atoms with Gasteiger partial charge in [-0.3, -0.25) is 0 Å². The first-order valence-corrected chi connectivity index (χ1v) is 5.65. The van der Waals surface area contributed by atoms with Crippen molar-refractivity contribution in [1.29, 1.82) is 0 Å². The largest absolute Gasteiger partial charge is 0.573 e. The molecule has 1 rings (SSSR count). The van der Waals surface area contributed by atoms with Crippen LogP contribution in [0, 0.1) is 0 Å². The SMILES string of the molecule is N[C@@H](c1cc(Br)ccc1OC(F)(F)F)C(F)(F)CO. The molecule has 3 N–H and O–H groups in total. The number of halogens is 6. The molecule has 1 aromatic carbocycles. The molecule has 0 aliphatic rings. The molecule has 0 aliphatic heterocycles. The summed E-state index contributed by atoms with van der Waals surface area (Å²) >= 11 is 2.93. The zero-order valence-corrected chi connectivity index (χ0v) is 10.8. The fraction of sp³-hybridized carbons (Fsp3) is 0.400. The number of aliphatic hydroxyl groups excluding tert-OH is 1. The molecule has 0 saturated heterocycles. The van der Waals surface area contributed by atoms with Gasteiger partial charge in [-0.25, -0.2) is 8.78 Å². The first-order valence-electron chi connectivity index (χ1n) is 4.86. The van der Waals surface area contributed by atoms with E-state index in [1.807, 2.05) is 0 Å². The molecule has 19 heavy (non-hydrogen) atoms. The van der Waals surface area contributed by atoms with Gasteiger partial charge in [-0.05, 0) is 18.2 Å². The summed E-state index contributed by atoms with van der Waals surface area (Å²) < 4.78 is 66.8. The fourth-order valence-corrected chi connectivity index (χ4v) is 1.68. The number of ether oxygens (including phenoxy) is 1. The second-order valence-electron chi connectivity index (χ2n) is 3.63. The minimum Gasteiger partial charge on any atom is -0.405 e. The van der Waals surface area contributed by atoms with Gasteiger partial charge in [-0.1, -0.05) is 15.9 Å². The second-order valence-corrected chi connectivity index (χ2v) is 4.54. The lowest BCUT2D eigenvalue weighted by Crippen LogP contribution is -2.36. The molecule has 0 amide bonds. The maximum absolute atomic E-state index is 13.2. The van der Waals surface area contributed by atoms with Crippen LogP contribution in [-0.4, -0.2) is 24.0 Å². The summed E-state index contributed by atoms with van der Waals surface area (Å²) in [5, 5.41) is 8.51. The van der Waals surface area contributed by atoms with E-state index in [0.717, 1.165) is 12.1 Å². The van der Waals surface area contributed by atoms with Gasteiger partial charge in [0, 0.05) is 10.0 Å². The number of hydrogen-bond donors (Lipinski definition) is 2. The quantitative estimate of drug-likeness (QED) is 0.821. The molecule has 0 spiro atoms. The summed E-state index contributed by atoms with van der Waals surface area (Å²) in [6.45, 7) is -1.59. The number of benzene rings is 1. The van der Waals surface area contributed by atoms with E-state index in [-0.39, 0.29) is 4.47 Å². The molecule has 0 aliphatic carbocycles. The average molecular weight is 350 g/mol. The van der Waals surface area contributed by atoms with Crippen molar-refractivity contribution in [3.05, 3.63) is 28.2 Å². The van der Waals surface area contributed by atoms with Crippen LogP contribution in [0.3, 0.4) is 0 Å². The number of hydrogen-bond acceptors (Lipinski definition) is 3. The highest BCUT2D eigenvalue weighted by molar-refractivity contribution is 9.10. The van der Waals surface area contributed by atoms with Crippen LogP contribution in [0.25, 0.3) is 0 Å². The monoisotopic (exact) mass is 349 g/mol. The maximum atomic E-state index is 13.2. The van der Waals surface area contributed by atoms with Gasteiger partial charge in [0.25, 0.3) is 5.92 Å². The van der Waals surface area contributed by atoms with Crippen molar-refractivity contribution in [3.8, 4) is 5.75 Å². The Morgan fingerprint density at radius 1 is 1.26 bits per heavy atom. The summed E-state index contributed by atoms with van der Waals surface area (Å²) in [5.74, 6) is -4.61. The Balaban J connectivity index is 3.21. The van der Waals surface area contributed by atoms with Crippen molar-refractivity contribution in [2.75, 3.05) is 6.61 Å². The van der Waals surface area contributed by atoms with E-state index in [9.17, 15) is 22.0 Å². The van der Waals surface area contributed by atoms with Crippen molar-refractivity contribution in [3.63, 3.8) is 0 Å². The van der Waals surface area contributed by atoms with Crippen molar-refractivity contribution in [1.82, 2.24) is 0 Å². The topological polar surface area (TPSA) is 55.5 Å². The predicted octanol–water partition coefficient (Wildman–Crippen LogP) is 2.98. The van der Waals surface area contributed by atoms with Gasteiger partial charge in [-0.15, -0.1) is 13.2 Å². The first-order chi connectivity index (χ1) is 8.57. The van der Waals surface area contributed by atoms with E-state index < -0.39 is 36.2 Å². The third-order valence-electron chi connectivity index (χ3n) is 2.20. The van der Waals surface area contributed by atoms with Gasteiger partial charge >= 0.3 is 6.36 Å². The van der Waals surface area contributed by atoms with Crippen LogP contribution >= 0.6 is 15.9 Å². The van der Waals surface area contributed by atoms with Gasteiger partial charge in [0.15, 0.2) is 0 Å². The summed E-state index contributed by atoms with van der Waals surface area (Å²) in [5.41, 5.74) is 4.63. The maximum Gasteiger partial charge on any atom is 0.573 e. The van der Waals surface area contributed by atoms with Crippen LogP contribution in [0.2, 0.25) is 0 Å². The first kappa shape index (κ1) is 16.1. The Bertz CT molecular complexity index is 452. The number of aliphatic hydroxyl groups is 1. The molecule has 0 radical (unpaired) electrons. The zero-order chi connectivity index (χ0) is 14.8. The Hall–Kier alpha value is -0.930. The van der Waals surface area contributed by atoms with Gasteiger partial charge in [0.1, 0.15) is 18.4 Å². The number of nitrogens with two attached hydrogens (primary N) is 1. The summed E-state index contributed by atoms with van der Waals surface area (Å²) in [7, 11) is 0. The van der Waals surface area contributed by atoms with E-state index in [4.69, 9.17) is 10.8 Å². The number of rotatable bonds is 4. The Morgan fingerprint density at radius 2 is 1.84 bits per heavy atom. The van der Waals surface area contributed by atoms with Gasteiger partial charge in [0.05, 0.1) is 0 Å². The van der Waals surface area contributed by atoms with Crippen molar-refractivity contribution in [2.24, 2.45) is 5.73 Å².